The molecule has 74 valence electrons. The first-order chi connectivity index (χ1) is 6.34. The van der Waals surface area contributed by atoms with Gasteiger partial charge < -0.3 is 5.32 Å². The Morgan fingerprint density at radius 3 is 3.08 bits per heavy atom. The molecule has 13 heavy (non-hydrogen) atoms. The van der Waals surface area contributed by atoms with Crippen LogP contribution in [0.5, 0.6) is 0 Å². The molecule has 1 aliphatic heterocycles. The summed E-state index contributed by atoms with van der Waals surface area (Å²) in [7, 11) is 0. The monoisotopic (exact) mass is 180 g/mol. The van der Waals surface area contributed by atoms with E-state index in [-0.39, 0.29) is 0 Å². The molecule has 0 aromatic heterocycles. The molecule has 2 nitrogen and oxygen atoms in total. The quantitative estimate of drug-likeness (QED) is 0.658. The summed E-state index contributed by atoms with van der Waals surface area (Å²) in [5.74, 6) is 0. The van der Waals surface area contributed by atoms with E-state index in [1.165, 1.54) is 51.0 Å². The molecule has 2 aliphatic rings. The summed E-state index contributed by atoms with van der Waals surface area (Å²) in [4.78, 5) is 2.55. The van der Waals surface area contributed by atoms with Gasteiger partial charge in [-0.3, -0.25) is 4.90 Å². The predicted molar refractivity (Wildman–Crippen MR) is 55.8 cm³/mol. The molecule has 0 aromatic rings. The van der Waals surface area contributed by atoms with Gasteiger partial charge in [-0.25, -0.2) is 0 Å². The zero-order valence-electron chi connectivity index (χ0n) is 8.55. The fourth-order valence-corrected chi connectivity index (χ4v) is 1.89. The molecule has 0 saturated heterocycles. The molecule has 1 heterocycles. The van der Waals surface area contributed by atoms with E-state index in [0.717, 1.165) is 6.04 Å². The van der Waals surface area contributed by atoms with Crippen molar-refractivity contribution in [3.63, 3.8) is 0 Å². The summed E-state index contributed by atoms with van der Waals surface area (Å²) in [6.07, 6.45) is 6.41. The van der Waals surface area contributed by atoms with E-state index in [2.05, 4.69) is 23.2 Å². The van der Waals surface area contributed by atoms with E-state index in [9.17, 15) is 0 Å². The number of hydrogen-bond acceptors (Lipinski definition) is 2. The Labute approximate surface area is 81.0 Å². The van der Waals surface area contributed by atoms with Gasteiger partial charge in [0.1, 0.15) is 0 Å². The maximum Gasteiger partial charge on any atom is 0.0190 e. The molecular formula is C11H20N2. The molecule has 0 atom stereocenters. The predicted octanol–water partition coefficient (Wildman–Crippen LogP) is 1.39. The highest BCUT2D eigenvalue weighted by Crippen LogP contribution is 2.18. The molecule has 1 aliphatic carbocycles. The van der Waals surface area contributed by atoms with Crippen molar-refractivity contribution in [3.05, 3.63) is 11.6 Å². The van der Waals surface area contributed by atoms with Crippen LogP contribution in [-0.2, 0) is 0 Å². The van der Waals surface area contributed by atoms with Gasteiger partial charge in [0.05, 0.1) is 0 Å². The summed E-state index contributed by atoms with van der Waals surface area (Å²) < 4.78 is 0. The van der Waals surface area contributed by atoms with E-state index in [4.69, 9.17) is 0 Å². The van der Waals surface area contributed by atoms with Crippen molar-refractivity contribution in [1.82, 2.24) is 10.2 Å². The van der Waals surface area contributed by atoms with Gasteiger partial charge in [-0.15, -0.1) is 0 Å². The second-order valence-corrected chi connectivity index (χ2v) is 4.34. The first-order valence-electron chi connectivity index (χ1n) is 5.46. The molecular weight excluding hydrogens is 160 g/mol. The third kappa shape index (κ3) is 3.12. The van der Waals surface area contributed by atoms with Gasteiger partial charge in [0, 0.05) is 32.2 Å². The van der Waals surface area contributed by atoms with E-state index in [0.29, 0.717) is 0 Å². The molecule has 1 N–H and O–H groups in total. The summed E-state index contributed by atoms with van der Waals surface area (Å²) in [6.45, 7) is 7.08. The fourth-order valence-electron chi connectivity index (χ4n) is 1.89. The molecule has 0 radical (unpaired) electrons. The summed E-state index contributed by atoms with van der Waals surface area (Å²) in [5.41, 5.74) is 1.54. The normalized spacial score (nSPS) is 24.5. The lowest BCUT2D eigenvalue weighted by molar-refractivity contribution is 0.289. The Kier molecular flexibility index (Phi) is 3.01. The molecule has 2 rings (SSSR count). The van der Waals surface area contributed by atoms with Crippen LogP contribution < -0.4 is 5.32 Å². The van der Waals surface area contributed by atoms with Crippen molar-refractivity contribution < 1.29 is 0 Å². The Bertz CT molecular complexity index is 194. The van der Waals surface area contributed by atoms with E-state index >= 15 is 0 Å². The third-order valence-electron chi connectivity index (χ3n) is 2.85. The molecule has 0 bridgehead atoms. The van der Waals surface area contributed by atoms with Crippen molar-refractivity contribution in [2.24, 2.45) is 0 Å². The van der Waals surface area contributed by atoms with Crippen LogP contribution in [0.25, 0.3) is 0 Å². The minimum atomic E-state index is 0.862. The summed E-state index contributed by atoms with van der Waals surface area (Å²) in [6, 6.07) is 0.862. The Hall–Kier alpha value is -0.340. The van der Waals surface area contributed by atoms with Gasteiger partial charge in [0.2, 0.25) is 0 Å². The van der Waals surface area contributed by atoms with Gasteiger partial charge >= 0.3 is 0 Å². The highest BCUT2D eigenvalue weighted by atomic mass is 15.1. The maximum atomic E-state index is 3.56. The van der Waals surface area contributed by atoms with Gasteiger partial charge in [-0.2, -0.15) is 0 Å². The van der Waals surface area contributed by atoms with Gasteiger partial charge in [-0.1, -0.05) is 11.6 Å². The van der Waals surface area contributed by atoms with Gasteiger partial charge in [0.25, 0.3) is 0 Å². The Morgan fingerprint density at radius 2 is 2.38 bits per heavy atom. The average molecular weight is 180 g/mol. The number of hydrogen-bond donors (Lipinski definition) is 1. The molecule has 0 unspecified atom stereocenters. The topological polar surface area (TPSA) is 15.3 Å². The van der Waals surface area contributed by atoms with E-state index < -0.39 is 0 Å². The molecule has 0 amide bonds. The molecule has 0 aromatic carbocycles. The highest BCUT2D eigenvalue weighted by molar-refractivity contribution is 5.04. The second kappa shape index (κ2) is 4.25. The van der Waals surface area contributed by atoms with Crippen LogP contribution in [0.1, 0.15) is 26.2 Å². The lowest BCUT2D eigenvalue weighted by atomic mass is 10.1. The zero-order chi connectivity index (χ0) is 9.10. The third-order valence-corrected chi connectivity index (χ3v) is 2.85. The standard InChI is InChI=1S/C11H20N2/c1-10-3-2-7-13(9-10)8-6-12-11-4-5-11/h3,11-12H,2,4-9H2,1H3. The van der Waals surface area contributed by atoms with Crippen LogP contribution in [-0.4, -0.2) is 37.1 Å². The molecule has 1 saturated carbocycles. The smallest absolute Gasteiger partial charge is 0.0190 e. The largest absolute Gasteiger partial charge is 0.313 e. The van der Waals surface area contributed by atoms with E-state index in [1.54, 1.807) is 0 Å². The number of rotatable bonds is 4. The molecule has 0 spiro atoms. The van der Waals surface area contributed by atoms with Crippen LogP contribution in [0.4, 0.5) is 0 Å². The SMILES string of the molecule is CC1=CCCN(CCNC2CC2)C1. The second-order valence-electron chi connectivity index (χ2n) is 4.34. The van der Waals surface area contributed by atoms with Crippen molar-refractivity contribution >= 4 is 0 Å². The first-order valence-corrected chi connectivity index (χ1v) is 5.46. The Morgan fingerprint density at radius 1 is 1.54 bits per heavy atom. The summed E-state index contributed by atoms with van der Waals surface area (Å²) in [5, 5.41) is 3.56. The van der Waals surface area contributed by atoms with Crippen molar-refractivity contribution in [2.45, 2.75) is 32.2 Å². The minimum absolute atomic E-state index is 0.862. The van der Waals surface area contributed by atoms with Crippen LogP contribution >= 0.6 is 0 Å². The number of nitrogens with one attached hydrogen (secondary N) is 1. The lowest BCUT2D eigenvalue weighted by Gasteiger charge is -2.25. The van der Waals surface area contributed by atoms with Crippen molar-refractivity contribution in [2.75, 3.05) is 26.2 Å². The van der Waals surface area contributed by atoms with Crippen LogP contribution in [0, 0.1) is 0 Å². The van der Waals surface area contributed by atoms with Crippen LogP contribution in [0.3, 0.4) is 0 Å². The Balaban J connectivity index is 1.60. The van der Waals surface area contributed by atoms with Crippen LogP contribution in [0.2, 0.25) is 0 Å². The zero-order valence-corrected chi connectivity index (χ0v) is 8.55. The average Bonchev–Trinajstić information content (AvgIpc) is 2.88. The number of nitrogens with zero attached hydrogens (tertiary/aromatic N) is 1. The highest BCUT2D eigenvalue weighted by Gasteiger charge is 2.20. The van der Waals surface area contributed by atoms with Crippen LogP contribution in [0.15, 0.2) is 11.6 Å². The fraction of sp³-hybridized carbons (Fsp3) is 0.818. The minimum Gasteiger partial charge on any atom is -0.313 e. The molecule has 1 fully saturated rings. The molecule has 2 heteroatoms. The van der Waals surface area contributed by atoms with Crippen molar-refractivity contribution in [1.29, 1.82) is 0 Å². The van der Waals surface area contributed by atoms with Gasteiger partial charge in [-0.05, 0) is 26.2 Å². The first kappa shape index (κ1) is 9.22. The van der Waals surface area contributed by atoms with E-state index in [1.807, 2.05) is 0 Å². The maximum absolute atomic E-state index is 3.56. The van der Waals surface area contributed by atoms with Gasteiger partial charge in [0.15, 0.2) is 0 Å². The lowest BCUT2D eigenvalue weighted by Crippen LogP contribution is -2.36. The van der Waals surface area contributed by atoms with Crippen molar-refractivity contribution in [3.8, 4) is 0 Å². The summed E-state index contributed by atoms with van der Waals surface area (Å²) >= 11 is 0.